The van der Waals surface area contributed by atoms with E-state index in [0.717, 1.165) is 9.99 Å². The summed E-state index contributed by atoms with van der Waals surface area (Å²) in [4.78, 5) is 14.5. The van der Waals surface area contributed by atoms with Gasteiger partial charge in [0.05, 0.1) is 6.07 Å². The maximum absolute atomic E-state index is 11.6. The molecular weight excluding hydrogens is 305 g/mol. The first kappa shape index (κ1) is 12.0. The number of halogens is 1. The molecule has 0 saturated heterocycles. The highest BCUT2D eigenvalue weighted by Crippen LogP contribution is 2.06. The van der Waals surface area contributed by atoms with Crippen molar-refractivity contribution in [3.8, 4) is 6.07 Å². The fourth-order valence-electron chi connectivity index (χ4n) is 1.19. The Morgan fingerprint density at radius 3 is 3.00 bits per heavy atom. The Hall–Kier alpha value is -1.03. The lowest BCUT2D eigenvalue weighted by atomic mass is 10.2. The summed E-state index contributed by atoms with van der Waals surface area (Å²) in [6, 6.07) is 3.41. The molecule has 0 spiro atoms. The number of carbonyl (C=O) groups is 1. The molecule has 1 aromatic heterocycles. The smallest absolute Gasteiger partial charge is 0.268 e. The van der Waals surface area contributed by atoms with E-state index in [1.54, 1.807) is 12.3 Å². The maximum Gasteiger partial charge on any atom is 0.268 e. The quantitative estimate of drug-likeness (QED) is 0.835. The Kier molecular flexibility index (Phi) is 4.62. The lowest BCUT2D eigenvalue weighted by molar-refractivity contribution is 0.0939. The van der Waals surface area contributed by atoms with Crippen molar-refractivity contribution in [3.63, 3.8) is 0 Å². The van der Waals surface area contributed by atoms with Gasteiger partial charge in [0, 0.05) is 9.77 Å². The zero-order valence-electron chi connectivity index (χ0n) is 8.38. The van der Waals surface area contributed by atoms with Crippen LogP contribution in [0.2, 0.25) is 0 Å². The zero-order valence-corrected chi connectivity index (χ0v) is 10.5. The van der Waals surface area contributed by atoms with Crippen LogP contribution in [-0.4, -0.2) is 16.9 Å². The van der Waals surface area contributed by atoms with E-state index in [1.165, 1.54) is 0 Å². The zero-order chi connectivity index (χ0) is 11.3. The molecule has 1 aromatic rings. The van der Waals surface area contributed by atoms with Crippen LogP contribution in [0.3, 0.4) is 0 Å². The molecule has 0 bridgehead atoms. The second-order valence-corrected chi connectivity index (χ2v) is 4.42. The lowest BCUT2D eigenvalue weighted by Gasteiger charge is -2.08. The predicted molar refractivity (Wildman–Crippen MR) is 65.3 cm³/mol. The summed E-state index contributed by atoms with van der Waals surface area (Å²) in [7, 11) is 0. The fraction of sp³-hybridized carbons (Fsp3) is 0.400. The monoisotopic (exact) mass is 317 g/mol. The average Bonchev–Trinajstić information content (AvgIpc) is 2.64. The molecule has 0 aliphatic rings. The van der Waals surface area contributed by atoms with Crippen molar-refractivity contribution in [1.82, 2.24) is 10.3 Å². The molecule has 4 nitrogen and oxygen atoms in total. The summed E-state index contributed by atoms with van der Waals surface area (Å²) in [5.74, 6) is -0.224. The number of aromatic nitrogens is 1. The minimum Gasteiger partial charge on any atom is -0.356 e. The van der Waals surface area contributed by atoms with Crippen molar-refractivity contribution in [1.29, 1.82) is 5.26 Å². The molecule has 1 rings (SSSR count). The van der Waals surface area contributed by atoms with Crippen LogP contribution in [0.1, 0.15) is 30.3 Å². The molecule has 5 heteroatoms. The van der Waals surface area contributed by atoms with E-state index in [2.05, 4.69) is 39.0 Å². The van der Waals surface area contributed by atoms with Crippen molar-refractivity contribution >= 4 is 28.5 Å². The minimum atomic E-state index is -0.400. The molecule has 1 heterocycles. The number of hydrogen-bond donors (Lipinski definition) is 2. The van der Waals surface area contributed by atoms with Crippen LogP contribution in [0.25, 0.3) is 0 Å². The number of nitriles is 1. The highest BCUT2D eigenvalue weighted by atomic mass is 127. The minimum absolute atomic E-state index is 0.224. The van der Waals surface area contributed by atoms with Gasteiger partial charge in [-0.15, -0.1) is 0 Å². The first-order valence-corrected chi connectivity index (χ1v) is 5.79. The lowest BCUT2D eigenvalue weighted by Crippen LogP contribution is -2.33. The third kappa shape index (κ3) is 3.55. The summed E-state index contributed by atoms with van der Waals surface area (Å²) < 4.78 is 0.974. The summed E-state index contributed by atoms with van der Waals surface area (Å²) in [6.45, 7) is 1.98. The number of rotatable bonds is 4. The SMILES string of the molecule is CCC[C@H](C#N)NC(=O)c1cc(I)c[nH]1. The highest BCUT2D eigenvalue weighted by molar-refractivity contribution is 14.1. The van der Waals surface area contributed by atoms with Crippen LogP contribution in [0.5, 0.6) is 0 Å². The number of H-pyrrole nitrogens is 1. The number of nitrogens with zero attached hydrogens (tertiary/aromatic N) is 1. The van der Waals surface area contributed by atoms with Gasteiger partial charge in [0.25, 0.3) is 5.91 Å². The summed E-state index contributed by atoms with van der Waals surface area (Å²) in [5.41, 5.74) is 0.496. The normalized spacial score (nSPS) is 11.8. The Morgan fingerprint density at radius 2 is 2.53 bits per heavy atom. The van der Waals surface area contributed by atoms with Gasteiger partial charge in [-0.1, -0.05) is 13.3 Å². The van der Waals surface area contributed by atoms with Crippen molar-refractivity contribution in [3.05, 3.63) is 21.5 Å². The molecule has 0 fully saturated rings. The molecule has 0 radical (unpaired) electrons. The largest absolute Gasteiger partial charge is 0.356 e. The van der Waals surface area contributed by atoms with Crippen LogP contribution in [-0.2, 0) is 0 Å². The average molecular weight is 317 g/mol. The molecule has 1 atom stereocenters. The number of aromatic amines is 1. The van der Waals surface area contributed by atoms with Crippen LogP contribution in [0, 0.1) is 14.9 Å². The van der Waals surface area contributed by atoms with E-state index in [-0.39, 0.29) is 5.91 Å². The summed E-state index contributed by atoms with van der Waals surface area (Å²) in [5, 5.41) is 11.4. The molecule has 0 unspecified atom stereocenters. The van der Waals surface area contributed by atoms with Crippen molar-refractivity contribution in [2.75, 3.05) is 0 Å². The summed E-state index contributed by atoms with van der Waals surface area (Å²) in [6.07, 6.45) is 3.30. The van der Waals surface area contributed by atoms with Crippen LogP contribution in [0.4, 0.5) is 0 Å². The molecule has 0 aromatic carbocycles. The van der Waals surface area contributed by atoms with E-state index < -0.39 is 6.04 Å². The van der Waals surface area contributed by atoms with E-state index >= 15 is 0 Å². The Labute approximate surface area is 102 Å². The Morgan fingerprint density at radius 1 is 1.80 bits per heavy atom. The standard InChI is InChI=1S/C10H12IN3O/c1-2-3-8(5-12)14-10(15)9-4-7(11)6-13-9/h4,6,8,13H,2-3H2,1H3,(H,14,15)/t8-/m1/s1. The molecule has 0 saturated carbocycles. The number of amides is 1. The molecule has 0 aliphatic carbocycles. The first-order valence-electron chi connectivity index (χ1n) is 4.71. The Bertz CT molecular complexity index is 380. The second-order valence-electron chi connectivity index (χ2n) is 3.18. The first-order chi connectivity index (χ1) is 7.17. The van der Waals surface area contributed by atoms with Gasteiger partial charge in [0.2, 0.25) is 0 Å². The van der Waals surface area contributed by atoms with E-state index in [1.807, 2.05) is 6.92 Å². The van der Waals surface area contributed by atoms with Gasteiger partial charge in [-0.2, -0.15) is 5.26 Å². The van der Waals surface area contributed by atoms with Crippen LogP contribution >= 0.6 is 22.6 Å². The topological polar surface area (TPSA) is 68.7 Å². The summed E-state index contributed by atoms with van der Waals surface area (Å²) >= 11 is 2.12. The van der Waals surface area contributed by atoms with Gasteiger partial charge in [0.1, 0.15) is 11.7 Å². The van der Waals surface area contributed by atoms with Crippen LogP contribution < -0.4 is 5.32 Å². The highest BCUT2D eigenvalue weighted by Gasteiger charge is 2.13. The second kappa shape index (κ2) is 5.75. The Balaban J connectivity index is 2.59. The maximum atomic E-state index is 11.6. The predicted octanol–water partition coefficient (Wildman–Crippen LogP) is 2.04. The molecule has 80 valence electrons. The molecule has 15 heavy (non-hydrogen) atoms. The van der Waals surface area contributed by atoms with Gasteiger partial charge in [0.15, 0.2) is 0 Å². The third-order valence-corrected chi connectivity index (χ3v) is 2.55. The van der Waals surface area contributed by atoms with Crippen molar-refractivity contribution in [2.45, 2.75) is 25.8 Å². The van der Waals surface area contributed by atoms with Gasteiger partial charge < -0.3 is 10.3 Å². The molecular formula is C10H12IN3O. The number of carbonyl (C=O) groups excluding carboxylic acids is 1. The third-order valence-electron chi connectivity index (χ3n) is 1.93. The van der Waals surface area contributed by atoms with E-state index in [9.17, 15) is 4.79 Å². The van der Waals surface area contributed by atoms with Gasteiger partial charge in [-0.25, -0.2) is 0 Å². The van der Waals surface area contributed by atoms with E-state index in [0.29, 0.717) is 12.1 Å². The fourth-order valence-corrected chi connectivity index (χ4v) is 1.66. The van der Waals surface area contributed by atoms with Gasteiger partial charge in [-0.05, 0) is 35.1 Å². The van der Waals surface area contributed by atoms with Crippen molar-refractivity contribution in [2.24, 2.45) is 0 Å². The van der Waals surface area contributed by atoms with Gasteiger partial charge >= 0.3 is 0 Å². The van der Waals surface area contributed by atoms with Crippen molar-refractivity contribution < 1.29 is 4.79 Å². The molecule has 1 amide bonds. The molecule has 0 aliphatic heterocycles. The number of nitrogens with one attached hydrogen (secondary N) is 2. The van der Waals surface area contributed by atoms with Crippen LogP contribution in [0.15, 0.2) is 12.3 Å². The van der Waals surface area contributed by atoms with Gasteiger partial charge in [-0.3, -0.25) is 4.79 Å². The molecule has 2 N–H and O–H groups in total. The van der Waals surface area contributed by atoms with E-state index in [4.69, 9.17) is 5.26 Å². The number of hydrogen-bond acceptors (Lipinski definition) is 2.